The van der Waals surface area contributed by atoms with Gasteiger partial charge in [-0.05, 0) is 31.6 Å². The lowest BCUT2D eigenvalue weighted by Gasteiger charge is -2.25. The highest BCUT2D eigenvalue weighted by atomic mass is 16.2. The lowest BCUT2D eigenvalue weighted by Crippen LogP contribution is -2.41. The van der Waals surface area contributed by atoms with Gasteiger partial charge in [0, 0.05) is 19.6 Å². The highest BCUT2D eigenvalue weighted by Gasteiger charge is 2.32. The van der Waals surface area contributed by atoms with Crippen LogP contribution in [0.25, 0.3) is 0 Å². The van der Waals surface area contributed by atoms with Gasteiger partial charge in [0.05, 0.1) is 5.92 Å². The number of nitrogens with two attached hydrogens (primary N) is 1. The third kappa shape index (κ3) is 2.57. The van der Waals surface area contributed by atoms with Crippen LogP contribution in [0.1, 0.15) is 44.9 Å². The Bertz CT molecular complexity index is 248. The van der Waals surface area contributed by atoms with Crippen LogP contribution in [0.4, 0.5) is 0 Å². The van der Waals surface area contributed by atoms with Gasteiger partial charge in [-0.15, -0.1) is 0 Å². The van der Waals surface area contributed by atoms with E-state index >= 15 is 0 Å². The Labute approximate surface area is 98.4 Å². The minimum Gasteiger partial charge on any atom is -0.345 e. The van der Waals surface area contributed by atoms with E-state index in [0.29, 0.717) is 0 Å². The molecule has 2 fully saturated rings. The third-order valence-electron chi connectivity index (χ3n) is 4.27. The zero-order chi connectivity index (χ0) is 11.5. The molecule has 92 valence electrons. The molecule has 1 amide bonds. The van der Waals surface area contributed by atoms with Gasteiger partial charge in [0.25, 0.3) is 0 Å². The molecule has 0 aromatic carbocycles. The zero-order valence-electron chi connectivity index (χ0n) is 10.3. The van der Waals surface area contributed by atoms with Crippen LogP contribution in [-0.4, -0.2) is 30.4 Å². The third-order valence-corrected chi connectivity index (χ3v) is 4.27. The summed E-state index contributed by atoms with van der Waals surface area (Å²) < 4.78 is 0. The van der Waals surface area contributed by atoms with E-state index < -0.39 is 0 Å². The molecule has 2 aliphatic rings. The molecule has 0 aromatic heterocycles. The summed E-state index contributed by atoms with van der Waals surface area (Å²) in [6, 6.07) is 0.110. The van der Waals surface area contributed by atoms with Gasteiger partial charge in [0.2, 0.25) is 5.91 Å². The standard InChI is InChI=1S/C13H24N2O/c1-15(9-10-5-2-3-6-10)13(16)11-7-4-8-12(11)14/h10-12H,2-9,14H2,1H3. The Morgan fingerprint density at radius 3 is 2.44 bits per heavy atom. The highest BCUT2D eigenvalue weighted by Crippen LogP contribution is 2.28. The number of nitrogens with zero attached hydrogens (tertiary/aromatic N) is 1. The van der Waals surface area contributed by atoms with E-state index in [1.165, 1.54) is 25.7 Å². The van der Waals surface area contributed by atoms with Crippen molar-refractivity contribution in [3.8, 4) is 0 Å². The second kappa shape index (κ2) is 5.17. The van der Waals surface area contributed by atoms with Crippen LogP contribution < -0.4 is 5.73 Å². The largest absolute Gasteiger partial charge is 0.345 e. The summed E-state index contributed by atoms with van der Waals surface area (Å²) in [5.74, 6) is 1.13. The second-order valence-corrected chi connectivity index (χ2v) is 5.57. The summed E-state index contributed by atoms with van der Waals surface area (Å²) in [6.45, 7) is 0.946. The van der Waals surface area contributed by atoms with E-state index in [9.17, 15) is 4.79 Å². The maximum Gasteiger partial charge on any atom is 0.226 e. The molecule has 0 aromatic rings. The molecule has 0 spiro atoms. The topological polar surface area (TPSA) is 46.3 Å². The van der Waals surface area contributed by atoms with E-state index in [1.54, 1.807) is 0 Å². The summed E-state index contributed by atoms with van der Waals surface area (Å²) in [6.07, 6.45) is 8.42. The van der Waals surface area contributed by atoms with E-state index in [1.807, 2.05) is 11.9 Å². The van der Waals surface area contributed by atoms with Crippen molar-refractivity contribution in [1.29, 1.82) is 0 Å². The first-order chi connectivity index (χ1) is 7.68. The smallest absolute Gasteiger partial charge is 0.226 e. The fourth-order valence-corrected chi connectivity index (χ4v) is 3.25. The predicted octanol–water partition coefficient (Wildman–Crippen LogP) is 1.76. The number of hydrogen-bond donors (Lipinski definition) is 1. The number of carbonyl (C=O) groups is 1. The summed E-state index contributed by atoms with van der Waals surface area (Å²) in [5, 5.41) is 0. The number of rotatable bonds is 3. The number of hydrogen-bond acceptors (Lipinski definition) is 2. The monoisotopic (exact) mass is 224 g/mol. The van der Waals surface area contributed by atoms with Crippen molar-refractivity contribution in [1.82, 2.24) is 4.90 Å². The molecule has 2 unspecified atom stereocenters. The average molecular weight is 224 g/mol. The summed E-state index contributed by atoms with van der Waals surface area (Å²) >= 11 is 0. The van der Waals surface area contributed by atoms with Gasteiger partial charge in [-0.1, -0.05) is 19.3 Å². The molecule has 0 aliphatic heterocycles. The fourth-order valence-electron chi connectivity index (χ4n) is 3.25. The lowest BCUT2D eigenvalue weighted by atomic mass is 10.0. The van der Waals surface area contributed by atoms with Crippen LogP contribution in [0.5, 0.6) is 0 Å². The van der Waals surface area contributed by atoms with Crippen molar-refractivity contribution in [3.63, 3.8) is 0 Å². The van der Waals surface area contributed by atoms with Gasteiger partial charge in [-0.2, -0.15) is 0 Å². The molecule has 3 nitrogen and oxygen atoms in total. The Morgan fingerprint density at radius 2 is 1.88 bits per heavy atom. The molecule has 2 saturated carbocycles. The molecule has 0 radical (unpaired) electrons. The van der Waals surface area contributed by atoms with Crippen molar-refractivity contribution < 1.29 is 4.79 Å². The van der Waals surface area contributed by atoms with Crippen LogP contribution in [0.3, 0.4) is 0 Å². The normalized spacial score (nSPS) is 30.9. The molecule has 0 saturated heterocycles. The minimum absolute atomic E-state index is 0.103. The Morgan fingerprint density at radius 1 is 1.19 bits per heavy atom. The van der Waals surface area contributed by atoms with Crippen LogP contribution in [0.2, 0.25) is 0 Å². The summed E-state index contributed by atoms with van der Waals surface area (Å²) in [7, 11) is 1.95. The van der Waals surface area contributed by atoms with Gasteiger partial charge < -0.3 is 10.6 Å². The lowest BCUT2D eigenvalue weighted by molar-refractivity contribution is -0.134. The Hall–Kier alpha value is -0.570. The van der Waals surface area contributed by atoms with E-state index in [2.05, 4.69) is 0 Å². The molecule has 3 heteroatoms. The van der Waals surface area contributed by atoms with Crippen molar-refractivity contribution in [2.24, 2.45) is 17.6 Å². The van der Waals surface area contributed by atoms with Crippen LogP contribution in [0, 0.1) is 11.8 Å². The van der Waals surface area contributed by atoms with Gasteiger partial charge in [-0.3, -0.25) is 4.79 Å². The van der Waals surface area contributed by atoms with Crippen LogP contribution in [0.15, 0.2) is 0 Å². The molecule has 0 bridgehead atoms. The van der Waals surface area contributed by atoms with E-state index in [4.69, 9.17) is 5.73 Å². The van der Waals surface area contributed by atoms with Crippen LogP contribution >= 0.6 is 0 Å². The average Bonchev–Trinajstić information content (AvgIpc) is 2.88. The van der Waals surface area contributed by atoms with Crippen molar-refractivity contribution in [2.45, 2.75) is 51.0 Å². The second-order valence-electron chi connectivity index (χ2n) is 5.57. The maximum absolute atomic E-state index is 12.2. The van der Waals surface area contributed by atoms with Gasteiger partial charge in [0.1, 0.15) is 0 Å². The highest BCUT2D eigenvalue weighted by molar-refractivity contribution is 5.79. The van der Waals surface area contributed by atoms with Gasteiger partial charge in [-0.25, -0.2) is 0 Å². The Balaban J connectivity index is 1.83. The summed E-state index contributed by atoms with van der Waals surface area (Å²) in [4.78, 5) is 14.1. The molecule has 0 heterocycles. The van der Waals surface area contributed by atoms with Gasteiger partial charge in [0.15, 0.2) is 0 Å². The van der Waals surface area contributed by atoms with Crippen molar-refractivity contribution >= 4 is 5.91 Å². The SMILES string of the molecule is CN(CC1CCCC1)C(=O)C1CCCC1N. The van der Waals surface area contributed by atoms with Gasteiger partial charge >= 0.3 is 0 Å². The summed E-state index contributed by atoms with van der Waals surface area (Å²) in [5.41, 5.74) is 5.98. The molecule has 2 N–H and O–H groups in total. The molecule has 16 heavy (non-hydrogen) atoms. The quantitative estimate of drug-likeness (QED) is 0.794. The molecular weight excluding hydrogens is 200 g/mol. The molecule has 2 atom stereocenters. The maximum atomic E-state index is 12.2. The Kier molecular flexibility index (Phi) is 3.85. The predicted molar refractivity (Wildman–Crippen MR) is 64.9 cm³/mol. The molecular formula is C13H24N2O. The van der Waals surface area contributed by atoms with Crippen LogP contribution in [-0.2, 0) is 4.79 Å². The fraction of sp³-hybridized carbons (Fsp3) is 0.923. The first kappa shape index (κ1) is 11.9. The number of amides is 1. The molecule has 2 aliphatic carbocycles. The number of carbonyl (C=O) groups excluding carboxylic acids is 1. The van der Waals surface area contributed by atoms with Crippen molar-refractivity contribution in [3.05, 3.63) is 0 Å². The zero-order valence-corrected chi connectivity index (χ0v) is 10.3. The minimum atomic E-state index is 0.103. The molecule has 2 rings (SSSR count). The van der Waals surface area contributed by atoms with E-state index in [-0.39, 0.29) is 17.9 Å². The first-order valence-corrected chi connectivity index (χ1v) is 6.69. The van der Waals surface area contributed by atoms with E-state index in [0.717, 1.165) is 31.7 Å². The van der Waals surface area contributed by atoms with Crippen molar-refractivity contribution in [2.75, 3.05) is 13.6 Å². The first-order valence-electron chi connectivity index (χ1n) is 6.69.